The van der Waals surface area contributed by atoms with Gasteiger partial charge in [0.1, 0.15) is 17.3 Å². The Hall–Kier alpha value is -2.09. The van der Waals surface area contributed by atoms with Gasteiger partial charge in [-0.2, -0.15) is 0 Å². The van der Waals surface area contributed by atoms with Crippen LogP contribution in [0.5, 0.6) is 5.75 Å². The molecule has 2 amide bonds. The van der Waals surface area contributed by atoms with Gasteiger partial charge in [0.25, 0.3) is 0 Å². The molecule has 2 N–H and O–H groups in total. The second-order valence-electron chi connectivity index (χ2n) is 10.4. The lowest BCUT2D eigenvalue weighted by Crippen LogP contribution is -2.72. The number of nitrogens with zero attached hydrogens (tertiary/aromatic N) is 2. The van der Waals surface area contributed by atoms with Crippen LogP contribution in [0.4, 0.5) is 0 Å². The van der Waals surface area contributed by atoms with Crippen molar-refractivity contribution in [2.24, 2.45) is 5.92 Å². The normalized spacial score (nSPS) is 23.6. The Morgan fingerprint density at radius 3 is 2.54 bits per heavy atom. The highest BCUT2D eigenvalue weighted by atomic mass is 35.5. The maximum atomic E-state index is 13.9. The Kier molecular flexibility index (Phi) is 7.37. The molecule has 6 nitrogen and oxygen atoms in total. The molecule has 1 atom stereocenters. The number of piperazine rings is 1. The van der Waals surface area contributed by atoms with E-state index in [1.807, 2.05) is 22.4 Å². The van der Waals surface area contributed by atoms with Crippen molar-refractivity contribution in [2.45, 2.75) is 76.0 Å². The molecule has 2 aromatic rings. The Morgan fingerprint density at radius 2 is 1.86 bits per heavy atom. The average molecular weight is 516 g/mol. The molecule has 188 valence electrons. The Bertz CT molecular complexity index is 1050. The molecule has 3 heterocycles. The summed E-state index contributed by atoms with van der Waals surface area (Å²) in [5, 5.41) is 15.4. The van der Waals surface area contributed by atoms with Crippen molar-refractivity contribution >= 4 is 34.8 Å². The van der Waals surface area contributed by atoms with Crippen LogP contribution in [0, 0.1) is 5.92 Å². The molecule has 1 aliphatic carbocycles. The van der Waals surface area contributed by atoms with Crippen molar-refractivity contribution in [2.75, 3.05) is 13.1 Å². The van der Waals surface area contributed by atoms with Gasteiger partial charge < -0.3 is 15.3 Å². The van der Waals surface area contributed by atoms with Crippen LogP contribution >= 0.6 is 22.9 Å². The number of carbonyl (C=O) groups excluding carboxylic acids is 2. The molecule has 8 heteroatoms. The molecule has 1 aromatic heterocycles. The molecule has 1 saturated carbocycles. The third-order valence-corrected chi connectivity index (χ3v) is 9.32. The van der Waals surface area contributed by atoms with Crippen LogP contribution < -0.4 is 5.32 Å². The van der Waals surface area contributed by atoms with Crippen molar-refractivity contribution in [3.63, 3.8) is 0 Å². The summed E-state index contributed by atoms with van der Waals surface area (Å²) < 4.78 is 0. The predicted molar refractivity (Wildman–Crippen MR) is 138 cm³/mol. The van der Waals surface area contributed by atoms with E-state index in [4.69, 9.17) is 11.6 Å². The van der Waals surface area contributed by atoms with E-state index in [1.54, 1.807) is 23.5 Å². The van der Waals surface area contributed by atoms with Crippen molar-refractivity contribution in [3.05, 3.63) is 51.2 Å². The number of benzene rings is 1. The van der Waals surface area contributed by atoms with E-state index >= 15 is 0 Å². The number of aromatic hydroxyl groups is 1. The minimum Gasteiger partial charge on any atom is -0.508 e. The van der Waals surface area contributed by atoms with Crippen LogP contribution in [-0.4, -0.2) is 51.4 Å². The van der Waals surface area contributed by atoms with Gasteiger partial charge in [0.15, 0.2) is 0 Å². The molecule has 1 spiro atoms. The van der Waals surface area contributed by atoms with Crippen molar-refractivity contribution < 1.29 is 14.7 Å². The lowest BCUT2D eigenvalue weighted by Gasteiger charge is -2.52. The predicted octanol–water partition coefficient (Wildman–Crippen LogP) is 4.94. The van der Waals surface area contributed by atoms with Gasteiger partial charge in [-0.3, -0.25) is 14.5 Å². The Labute approximate surface area is 216 Å². The molecule has 5 rings (SSSR count). The van der Waals surface area contributed by atoms with Gasteiger partial charge in [-0.25, -0.2) is 0 Å². The van der Waals surface area contributed by atoms with E-state index in [0.717, 1.165) is 29.7 Å². The summed E-state index contributed by atoms with van der Waals surface area (Å²) in [5.41, 5.74) is 0.145. The highest BCUT2D eigenvalue weighted by Crippen LogP contribution is 2.37. The number of piperidine rings is 1. The fourth-order valence-electron chi connectivity index (χ4n) is 6.06. The first-order valence-corrected chi connectivity index (χ1v) is 14.0. The fraction of sp³-hybridized carbons (Fsp3) is 0.556. The van der Waals surface area contributed by atoms with E-state index in [0.29, 0.717) is 50.0 Å². The molecule has 1 unspecified atom stereocenters. The number of thiophene rings is 1. The first kappa shape index (κ1) is 24.6. The molecule has 2 saturated heterocycles. The number of carbonyl (C=O) groups is 2. The maximum Gasteiger partial charge on any atom is 0.246 e. The van der Waals surface area contributed by atoms with Crippen molar-refractivity contribution in [3.8, 4) is 5.75 Å². The summed E-state index contributed by atoms with van der Waals surface area (Å²) in [6.45, 7) is 2.55. The van der Waals surface area contributed by atoms with Gasteiger partial charge in [-0.15, -0.1) is 11.3 Å². The average Bonchev–Trinajstić information content (AvgIpc) is 3.37. The number of phenols is 1. The molecule has 3 aliphatic rings. The smallest absolute Gasteiger partial charge is 0.246 e. The van der Waals surface area contributed by atoms with Crippen molar-refractivity contribution in [1.82, 2.24) is 15.1 Å². The first-order chi connectivity index (χ1) is 16.9. The summed E-state index contributed by atoms with van der Waals surface area (Å²) in [7, 11) is 0. The first-order valence-electron chi connectivity index (χ1n) is 12.8. The number of rotatable bonds is 6. The van der Waals surface area contributed by atoms with Crippen LogP contribution in [0.2, 0.25) is 5.02 Å². The topological polar surface area (TPSA) is 72.9 Å². The van der Waals surface area contributed by atoms with Crippen LogP contribution in [0.3, 0.4) is 0 Å². The van der Waals surface area contributed by atoms with Gasteiger partial charge in [-0.05, 0) is 54.3 Å². The monoisotopic (exact) mass is 515 g/mol. The van der Waals surface area contributed by atoms with E-state index in [-0.39, 0.29) is 17.6 Å². The van der Waals surface area contributed by atoms with Crippen molar-refractivity contribution in [1.29, 1.82) is 0 Å². The molecular formula is C27H34ClN3O3S. The molecular weight excluding hydrogens is 482 g/mol. The molecule has 3 fully saturated rings. The van der Waals surface area contributed by atoms with E-state index in [1.165, 1.54) is 19.3 Å². The summed E-state index contributed by atoms with van der Waals surface area (Å²) in [4.78, 5) is 32.9. The highest BCUT2D eigenvalue weighted by molar-refractivity contribution is 7.09. The second kappa shape index (κ2) is 10.5. The van der Waals surface area contributed by atoms with E-state index in [2.05, 4.69) is 16.3 Å². The zero-order valence-electron chi connectivity index (χ0n) is 20.0. The van der Waals surface area contributed by atoms with Gasteiger partial charge in [-0.1, -0.05) is 55.8 Å². The van der Waals surface area contributed by atoms with E-state index < -0.39 is 11.6 Å². The third-order valence-electron chi connectivity index (χ3n) is 8.11. The van der Waals surface area contributed by atoms with Crippen LogP contribution in [0.1, 0.15) is 61.8 Å². The van der Waals surface area contributed by atoms with Gasteiger partial charge in [0.05, 0.1) is 6.54 Å². The van der Waals surface area contributed by atoms with Gasteiger partial charge in [0, 0.05) is 29.5 Å². The van der Waals surface area contributed by atoms with Gasteiger partial charge in [0.2, 0.25) is 11.8 Å². The lowest BCUT2D eigenvalue weighted by atomic mass is 9.79. The minimum absolute atomic E-state index is 0.0109. The number of likely N-dealkylation sites (tertiary alicyclic amines) is 1. The summed E-state index contributed by atoms with van der Waals surface area (Å²) in [6.07, 6.45) is 8.00. The minimum atomic E-state index is -0.806. The van der Waals surface area contributed by atoms with Crippen LogP contribution in [0.15, 0.2) is 35.7 Å². The molecule has 2 aliphatic heterocycles. The zero-order chi connectivity index (χ0) is 24.4. The maximum absolute atomic E-state index is 13.9. The SMILES string of the molecule is O=C1C(CC2CCCCC2)NC(=O)C2(CCN(Cc3ccc(O)cc3Cl)CC2)N1Cc1cccs1. The Balaban J connectivity index is 1.32. The largest absolute Gasteiger partial charge is 0.508 e. The number of halogens is 1. The second-order valence-corrected chi connectivity index (χ2v) is 11.8. The number of nitrogens with one attached hydrogen (secondary N) is 1. The molecule has 0 bridgehead atoms. The number of phenolic OH excluding ortho intramolecular Hbond substituents is 1. The summed E-state index contributed by atoms with van der Waals surface area (Å²) in [5.74, 6) is 0.767. The van der Waals surface area contributed by atoms with Gasteiger partial charge >= 0.3 is 0 Å². The highest BCUT2D eigenvalue weighted by Gasteiger charge is 2.53. The quantitative estimate of drug-likeness (QED) is 0.571. The number of hydrogen-bond acceptors (Lipinski definition) is 5. The zero-order valence-corrected chi connectivity index (χ0v) is 21.6. The standard InChI is InChI=1S/C27H34ClN3O3S/c28-23-16-21(32)9-8-20(23)17-30-12-10-27(11-13-30)26(34)29-24(15-19-5-2-1-3-6-19)25(33)31(27)18-22-7-4-14-35-22/h4,7-9,14,16,19,24,32H,1-3,5-6,10-13,15,17-18H2,(H,29,34). The number of amides is 2. The van der Waals surface area contributed by atoms with E-state index in [9.17, 15) is 14.7 Å². The Morgan fingerprint density at radius 1 is 1.09 bits per heavy atom. The molecule has 35 heavy (non-hydrogen) atoms. The number of hydrogen-bond donors (Lipinski definition) is 2. The lowest BCUT2D eigenvalue weighted by molar-refractivity contribution is -0.162. The molecule has 0 radical (unpaired) electrons. The third kappa shape index (κ3) is 5.23. The van der Waals surface area contributed by atoms with Crippen LogP contribution in [0.25, 0.3) is 0 Å². The summed E-state index contributed by atoms with van der Waals surface area (Å²) in [6, 6.07) is 8.70. The van der Waals surface area contributed by atoms with Crippen LogP contribution in [-0.2, 0) is 22.7 Å². The fourth-order valence-corrected chi connectivity index (χ4v) is 6.99. The molecule has 1 aromatic carbocycles. The summed E-state index contributed by atoms with van der Waals surface area (Å²) >= 11 is 7.97.